The molecule has 2 aromatic carbocycles. The van der Waals surface area contributed by atoms with Crippen LogP contribution in [-0.2, 0) is 11.3 Å². The first-order valence-corrected chi connectivity index (χ1v) is 8.68. The Balaban J connectivity index is 1.52. The van der Waals surface area contributed by atoms with Gasteiger partial charge in [0.1, 0.15) is 18.5 Å². The first-order valence-electron chi connectivity index (χ1n) is 8.68. The fourth-order valence-corrected chi connectivity index (χ4v) is 2.49. The minimum absolute atomic E-state index is 0.119. The standard InChI is InChI=1S/C20H23NO5/c22-12-18(21-20(24)25-13-14-4-2-1-3-5-14)19(23)15-6-8-16(9-7-15)26-17-10-11-17/h1-9,17-19,22-23H,10-13H2,(H,21,24)/t18-,19-/m1/s1. The third-order valence-corrected chi connectivity index (χ3v) is 4.14. The Labute approximate surface area is 152 Å². The second-order valence-electron chi connectivity index (χ2n) is 6.33. The Bertz CT molecular complexity index is 700. The van der Waals surface area contributed by atoms with Crippen LogP contribution < -0.4 is 10.1 Å². The zero-order chi connectivity index (χ0) is 18.4. The third-order valence-electron chi connectivity index (χ3n) is 4.14. The molecule has 1 fully saturated rings. The summed E-state index contributed by atoms with van der Waals surface area (Å²) in [7, 11) is 0. The van der Waals surface area contributed by atoms with Gasteiger partial charge >= 0.3 is 6.09 Å². The van der Waals surface area contributed by atoms with E-state index in [0.717, 1.165) is 24.2 Å². The predicted molar refractivity (Wildman–Crippen MR) is 95.7 cm³/mol. The van der Waals surface area contributed by atoms with Crippen LogP contribution in [0.5, 0.6) is 5.75 Å². The normalized spacial score (nSPS) is 15.8. The molecule has 0 aliphatic heterocycles. The van der Waals surface area contributed by atoms with Crippen LogP contribution in [0.4, 0.5) is 4.79 Å². The minimum atomic E-state index is -1.06. The summed E-state index contributed by atoms with van der Waals surface area (Å²) in [6.45, 7) is -0.296. The fraction of sp³-hybridized carbons (Fsp3) is 0.350. The Kier molecular flexibility index (Phi) is 6.09. The maximum absolute atomic E-state index is 11.9. The number of nitrogens with one attached hydrogen (secondary N) is 1. The smallest absolute Gasteiger partial charge is 0.407 e. The van der Waals surface area contributed by atoms with Crippen molar-refractivity contribution in [2.75, 3.05) is 6.61 Å². The molecule has 0 saturated heterocycles. The maximum atomic E-state index is 11.9. The summed E-state index contributed by atoms with van der Waals surface area (Å²) < 4.78 is 10.8. The maximum Gasteiger partial charge on any atom is 0.407 e. The van der Waals surface area contributed by atoms with Crippen LogP contribution >= 0.6 is 0 Å². The predicted octanol–water partition coefficient (Wildman–Crippen LogP) is 2.55. The van der Waals surface area contributed by atoms with Gasteiger partial charge in [0, 0.05) is 0 Å². The zero-order valence-corrected chi connectivity index (χ0v) is 14.4. The highest BCUT2D eigenvalue weighted by atomic mass is 16.5. The largest absolute Gasteiger partial charge is 0.490 e. The summed E-state index contributed by atoms with van der Waals surface area (Å²) in [5.74, 6) is 0.749. The van der Waals surface area contributed by atoms with Crippen LogP contribution in [-0.4, -0.2) is 35.1 Å². The van der Waals surface area contributed by atoms with Crippen molar-refractivity contribution in [2.45, 2.75) is 37.7 Å². The van der Waals surface area contributed by atoms with Gasteiger partial charge in [-0.3, -0.25) is 0 Å². The quantitative estimate of drug-likeness (QED) is 0.676. The van der Waals surface area contributed by atoms with Gasteiger partial charge in [-0.15, -0.1) is 0 Å². The molecule has 0 heterocycles. The topological polar surface area (TPSA) is 88.0 Å². The lowest BCUT2D eigenvalue weighted by Crippen LogP contribution is -2.42. The number of carbonyl (C=O) groups is 1. The number of carbonyl (C=O) groups excluding carboxylic acids is 1. The summed E-state index contributed by atoms with van der Waals surface area (Å²) >= 11 is 0. The number of benzene rings is 2. The van der Waals surface area contributed by atoms with E-state index in [9.17, 15) is 15.0 Å². The summed E-state index contributed by atoms with van der Waals surface area (Å²) in [6, 6.07) is 15.4. The van der Waals surface area contributed by atoms with Crippen LogP contribution in [0.2, 0.25) is 0 Å². The number of ether oxygens (including phenoxy) is 2. The molecule has 0 unspecified atom stereocenters. The van der Waals surface area contributed by atoms with Crippen molar-refractivity contribution in [3.8, 4) is 5.75 Å². The highest BCUT2D eigenvalue weighted by Crippen LogP contribution is 2.28. The molecule has 6 heteroatoms. The molecule has 0 aromatic heterocycles. The van der Waals surface area contributed by atoms with Crippen LogP contribution in [0.15, 0.2) is 54.6 Å². The van der Waals surface area contributed by atoms with Crippen molar-refractivity contribution >= 4 is 6.09 Å². The summed E-state index contributed by atoms with van der Waals surface area (Å²) in [5.41, 5.74) is 1.44. The second kappa shape index (κ2) is 8.69. The molecule has 2 aromatic rings. The SMILES string of the molecule is O=C(N[C@H](CO)[C@H](O)c1ccc(OC2CC2)cc1)OCc1ccccc1. The van der Waals surface area contributed by atoms with E-state index in [1.165, 1.54) is 0 Å². The van der Waals surface area contributed by atoms with E-state index < -0.39 is 24.8 Å². The van der Waals surface area contributed by atoms with E-state index in [1.54, 1.807) is 24.3 Å². The van der Waals surface area contributed by atoms with Gasteiger partial charge in [-0.05, 0) is 36.1 Å². The number of hydrogen-bond donors (Lipinski definition) is 3. The number of hydrogen-bond acceptors (Lipinski definition) is 5. The highest BCUT2D eigenvalue weighted by Gasteiger charge is 2.25. The number of alkyl carbamates (subject to hydrolysis) is 1. The molecule has 3 N–H and O–H groups in total. The third kappa shape index (κ3) is 5.21. The number of rotatable bonds is 8. The first kappa shape index (κ1) is 18.2. The van der Waals surface area contributed by atoms with Crippen molar-refractivity contribution in [3.63, 3.8) is 0 Å². The lowest BCUT2D eigenvalue weighted by molar-refractivity contribution is 0.0763. The Hall–Kier alpha value is -2.57. The van der Waals surface area contributed by atoms with Crippen molar-refractivity contribution in [1.82, 2.24) is 5.32 Å². The lowest BCUT2D eigenvalue weighted by Gasteiger charge is -2.22. The van der Waals surface area contributed by atoms with Gasteiger partial charge in [0.2, 0.25) is 0 Å². The average Bonchev–Trinajstić information content (AvgIpc) is 3.49. The molecule has 0 spiro atoms. The molecular formula is C20H23NO5. The van der Waals surface area contributed by atoms with Crippen LogP contribution in [0.25, 0.3) is 0 Å². The molecule has 1 saturated carbocycles. The van der Waals surface area contributed by atoms with E-state index in [1.807, 2.05) is 30.3 Å². The molecule has 1 amide bonds. The van der Waals surface area contributed by atoms with E-state index in [2.05, 4.69) is 5.32 Å². The molecular weight excluding hydrogens is 334 g/mol. The number of aliphatic hydroxyl groups excluding tert-OH is 2. The summed E-state index contributed by atoms with van der Waals surface area (Å²) in [4.78, 5) is 11.9. The van der Waals surface area contributed by atoms with Crippen molar-refractivity contribution in [3.05, 3.63) is 65.7 Å². The van der Waals surface area contributed by atoms with E-state index in [4.69, 9.17) is 9.47 Å². The monoisotopic (exact) mass is 357 g/mol. The van der Waals surface area contributed by atoms with Crippen molar-refractivity contribution in [2.24, 2.45) is 0 Å². The average molecular weight is 357 g/mol. The molecule has 2 atom stereocenters. The molecule has 26 heavy (non-hydrogen) atoms. The Morgan fingerprint density at radius 2 is 1.81 bits per heavy atom. The van der Waals surface area contributed by atoms with Gasteiger partial charge in [-0.25, -0.2) is 4.79 Å². The molecule has 138 valence electrons. The lowest BCUT2D eigenvalue weighted by atomic mass is 10.0. The van der Waals surface area contributed by atoms with Gasteiger partial charge in [-0.2, -0.15) is 0 Å². The molecule has 6 nitrogen and oxygen atoms in total. The van der Waals surface area contributed by atoms with Crippen LogP contribution in [0.1, 0.15) is 30.1 Å². The van der Waals surface area contributed by atoms with Gasteiger partial charge in [0.15, 0.2) is 0 Å². The molecule has 1 aliphatic carbocycles. The zero-order valence-electron chi connectivity index (χ0n) is 14.4. The van der Waals surface area contributed by atoms with E-state index in [0.29, 0.717) is 11.7 Å². The first-order chi connectivity index (χ1) is 12.7. The molecule has 1 aliphatic rings. The van der Waals surface area contributed by atoms with Gasteiger partial charge in [0.25, 0.3) is 0 Å². The van der Waals surface area contributed by atoms with Crippen molar-refractivity contribution < 1.29 is 24.5 Å². The van der Waals surface area contributed by atoms with E-state index in [-0.39, 0.29) is 6.61 Å². The molecule has 0 bridgehead atoms. The molecule has 3 rings (SSSR count). The summed E-state index contributed by atoms with van der Waals surface area (Å²) in [6.07, 6.45) is 0.703. The molecule has 0 radical (unpaired) electrons. The Morgan fingerprint density at radius 3 is 2.42 bits per heavy atom. The second-order valence-corrected chi connectivity index (χ2v) is 6.33. The summed E-state index contributed by atoms with van der Waals surface area (Å²) in [5, 5.41) is 22.4. The minimum Gasteiger partial charge on any atom is -0.490 e. The Morgan fingerprint density at radius 1 is 1.12 bits per heavy atom. The van der Waals surface area contributed by atoms with Gasteiger partial charge in [-0.1, -0.05) is 42.5 Å². The fourth-order valence-electron chi connectivity index (χ4n) is 2.49. The van der Waals surface area contributed by atoms with Gasteiger partial charge < -0.3 is 25.0 Å². The highest BCUT2D eigenvalue weighted by molar-refractivity contribution is 5.67. The van der Waals surface area contributed by atoms with E-state index >= 15 is 0 Å². The number of amides is 1. The van der Waals surface area contributed by atoms with Gasteiger partial charge in [0.05, 0.1) is 18.8 Å². The van der Waals surface area contributed by atoms with Crippen molar-refractivity contribution in [1.29, 1.82) is 0 Å². The van der Waals surface area contributed by atoms with Crippen LogP contribution in [0.3, 0.4) is 0 Å². The van der Waals surface area contributed by atoms with Crippen LogP contribution in [0, 0.1) is 0 Å². The number of aliphatic hydroxyl groups is 2.